The lowest BCUT2D eigenvalue weighted by molar-refractivity contribution is -0.146. The van der Waals surface area contributed by atoms with Gasteiger partial charge in [0.05, 0.1) is 11.1 Å². The number of carbonyl (C=O) groups excluding carboxylic acids is 4. The van der Waals surface area contributed by atoms with Gasteiger partial charge in [0.1, 0.15) is 6.04 Å². The van der Waals surface area contributed by atoms with Gasteiger partial charge in [0.25, 0.3) is 11.8 Å². The minimum Gasteiger partial charge on any atom is -0.456 e. The van der Waals surface area contributed by atoms with Crippen molar-refractivity contribution >= 4 is 23.6 Å². The first-order valence-corrected chi connectivity index (χ1v) is 9.76. The molecule has 29 heavy (non-hydrogen) atoms. The van der Waals surface area contributed by atoms with Crippen LogP contribution in [0.25, 0.3) is 0 Å². The average Bonchev–Trinajstić information content (AvgIpc) is 3.01. The highest BCUT2D eigenvalue weighted by molar-refractivity contribution is 6.22. The molecular weight excluding hydrogens is 370 g/mol. The van der Waals surface area contributed by atoms with Crippen molar-refractivity contribution in [2.75, 3.05) is 6.61 Å². The highest BCUT2D eigenvalue weighted by atomic mass is 16.5. The van der Waals surface area contributed by atoms with Crippen molar-refractivity contribution in [3.63, 3.8) is 0 Å². The van der Waals surface area contributed by atoms with Gasteiger partial charge in [0.15, 0.2) is 12.4 Å². The lowest BCUT2D eigenvalue weighted by atomic mass is 9.90. The molecule has 2 aromatic carbocycles. The molecule has 2 aliphatic rings. The Balaban J connectivity index is 1.40. The molecule has 1 aliphatic carbocycles. The Bertz CT molecular complexity index is 991. The Morgan fingerprint density at radius 3 is 2.24 bits per heavy atom. The van der Waals surface area contributed by atoms with Gasteiger partial charge >= 0.3 is 5.97 Å². The molecule has 0 radical (unpaired) electrons. The van der Waals surface area contributed by atoms with Crippen LogP contribution in [0.3, 0.4) is 0 Å². The second kappa shape index (κ2) is 7.62. The summed E-state index contributed by atoms with van der Waals surface area (Å²) in [6.45, 7) is 0.999. The Hall–Kier alpha value is -3.28. The van der Waals surface area contributed by atoms with E-state index in [4.69, 9.17) is 4.74 Å². The van der Waals surface area contributed by atoms with Crippen molar-refractivity contribution in [2.24, 2.45) is 0 Å². The third kappa shape index (κ3) is 3.46. The minimum atomic E-state index is -1.11. The molecule has 2 aromatic rings. The normalized spacial score (nSPS) is 16.2. The molecule has 4 rings (SSSR count). The van der Waals surface area contributed by atoms with Crippen LogP contribution in [0, 0.1) is 0 Å². The largest absolute Gasteiger partial charge is 0.456 e. The fourth-order valence-corrected chi connectivity index (χ4v) is 3.91. The maximum absolute atomic E-state index is 12.5. The maximum Gasteiger partial charge on any atom is 0.329 e. The summed E-state index contributed by atoms with van der Waals surface area (Å²) in [4.78, 5) is 50.7. The van der Waals surface area contributed by atoms with Gasteiger partial charge in [-0.05, 0) is 61.9 Å². The maximum atomic E-state index is 12.5. The molecule has 1 heterocycles. The highest BCUT2D eigenvalue weighted by Crippen LogP contribution is 2.25. The predicted octanol–water partition coefficient (Wildman–Crippen LogP) is 2.98. The van der Waals surface area contributed by atoms with Crippen molar-refractivity contribution < 1.29 is 23.9 Å². The number of nitrogens with zero attached hydrogens (tertiary/aromatic N) is 1. The Morgan fingerprint density at radius 1 is 0.966 bits per heavy atom. The van der Waals surface area contributed by atoms with Gasteiger partial charge in [-0.25, -0.2) is 4.79 Å². The van der Waals surface area contributed by atoms with Crippen LogP contribution in [0.4, 0.5) is 0 Å². The summed E-state index contributed by atoms with van der Waals surface area (Å²) < 4.78 is 5.14. The van der Waals surface area contributed by atoms with Gasteiger partial charge in [-0.1, -0.05) is 24.3 Å². The van der Waals surface area contributed by atoms with E-state index in [2.05, 4.69) is 0 Å². The second-order valence-corrected chi connectivity index (χ2v) is 7.42. The first-order chi connectivity index (χ1) is 14.0. The molecule has 148 valence electrons. The summed E-state index contributed by atoms with van der Waals surface area (Å²) in [5.41, 5.74) is 3.48. The molecule has 0 saturated carbocycles. The van der Waals surface area contributed by atoms with E-state index in [1.54, 1.807) is 30.3 Å². The molecule has 0 aromatic heterocycles. The van der Waals surface area contributed by atoms with Crippen molar-refractivity contribution in [3.8, 4) is 0 Å². The van der Waals surface area contributed by atoms with Gasteiger partial charge in [-0.2, -0.15) is 0 Å². The Kier molecular flexibility index (Phi) is 5.01. The fourth-order valence-electron chi connectivity index (χ4n) is 3.91. The SMILES string of the molecule is C[C@@H](C(=O)OCC(=O)c1ccc2c(c1)CCCC2)N1C(=O)c2ccccc2C1=O. The molecule has 0 N–H and O–H groups in total. The van der Waals surface area contributed by atoms with Gasteiger partial charge in [-0.15, -0.1) is 0 Å². The van der Waals surface area contributed by atoms with Crippen molar-refractivity contribution in [2.45, 2.75) is 38.6 Å². The summed E-state index contributed by atoms with van der Waals surface area (Å²) in [6.07, 6.45) is 4.24. The molecule has 0 bridgehead atoms. The van der Waals surface area contributed by atoms with Crippen molar-refractivity contribution in [1.29, 1.82) is 0 Å². The van der Waals surface area contributed by atoms with Crippen LogP contribution in [0.2, 0.25) is 0 Å². The number of hydrogen-bond donors (Lipinski definition) is 0. The van der Waals surface area contributed by atoms with E-state index in [1.807, 2.05) is 12.1 Å². The standard InChI is InChI=1S/C23H21NO5/c1-14(24-21(26)18-8-4-5-9-19(18)22(24)27)23(28)29-13-20(25)17-11-10-15-6-2-3-7-16(15)12-17/h4-5,8-12,14H,2-3,6-7,13H2,1H3/t14-/m0/s1. The summed E-state index contributed by atoms with van der Waals surface area (Å²) >= 11 is 0. The van der Waals surface area contributed by atoms with Crippen LogP contribution in [0.15, 0.2) is 42.5 Å². The monoisotopic (exact) mass is 391 g/mol. The number of benzene rings is 2. The first kappa shape index (κ1) is 19.1. The van der Waals surface area contributed by atoms with E-state index >= 15 is 0 Å². The van der Waals surface area contributed by atoms with E-state index < -0.39 is 30.4 Å². The average molecular weight is 391 g/mol. The number of esters is 1. The number of amides is 2. The highest BCUT2D eigenvalue weighted by Gasteiger charge is 2.41. The van der Waals surface area contributed by atoms with Crippen LogP contribution in [0.1, 0.15) is 62.0 Å². The number of Topliss-reactive ketones (excluding diaryl/α,β-unsaturated/α-hetero) is 1. The topological polar surface area (TPSA) is 80.8 Å². The van der Waals surface area contributed by atoms with Gasteiger partial charge < -0.3 is 4.74 Å². The van der Waals surface area contributed by atoms with E-state index in [1.165, 1.54) is 18.1 Å². The third-order valence-corrected chi connectivity index (χ3v) is 5.57. The van der Waals surface area contributed by atoms with Crippen molar-refractivity contribution in [1.82, 2.24) is 4.90 Å². The zero-order valence-corrected chi connectivity index (χ0v) is 16.1. The van der Waals surface area contributed by atoms with Crippen LogP contribution in [-0.4, -0.2) is 41.1 Å². The van der Waals surface area contributed by atoms with E-state index in [0.29, 0.717) is 5.56 Å². The molecule has 0 saturated heterocycles. The van der Waals surface area contributed by atoms with Crippen molar-refractivity contribution in [3.05, 3.63) is 70.3 Å². The zero-order chi connectivity index (χ0) is 20.5. The van der Waals surface area contributed by atoms with E-state index in [0.717, 1.165) is 30.6 Å². The number of fused-ring (bicyclic) bond motifs is 2. The summed E-state index contributed by atoms with van der Waals surface area (Å²) in [7, 11) is 0. The predicted molar refractivity (Wildman–Crippen MR) is 105 cm³/mol. The molecule has 6 nitrogen and oxygen atoms in total. The number of ether oxygens (including phenoxy) is 1. The zero-order valence-electron chi connectivity index (χ0n) is 16.1. The summed E-state index contributed by atoms with van der Waals surface area (Å²) in [6, 6.07) is 10.9. The lowest BCUT2D eigenvalue weighted by Crippen LogP contribution is -2.44. The van der Waals surface area contributed by atoms with E-state index in [-0.39, 0.29) is 16.9 Å². The summed E-state index contributed by atoms with van der Waals surface area (Å²) in [5.74, 6) is -2.15. The number of carbonyl (C=O) groups is 4. The molecule has 2 amide bonds. The van der Waals surface area contributed by atoms with Gasteiger partial charge in [0, 0.05) is 5.56 Å². The Labute approximate surface area is 168 Å². The minimum absolute atomic E-state index is 0.266. The molecule has 0 fully saturated rings. The molecule has 0 unspecified atom stereocenters. The number of hydrogen-bond acceptors (Lipinski definition) is 5. The first-order valence-electron chi connectivity index (χ1n) is 9.76. The third-order valence-electron chi connectivity index (χ3n) is 5.57. The quantitative estimate of drug-likeness (QED) is 0.445. The second-order valence-electron chi connectivity index (χ2n) is 7.42. The number of imide groups is 1. The van der Waals surface area contributed by atoms with E-state index in [9.17, 15) is 19.2 Å². The molecule has 1 atom stereocenters. The van der Waals surface area contributed by atoms with Crippen LogP contribution in [-0.2, 0) is 22.4 Å². The number of rotatable bonds is 5. The molecular formula is C23H21NO5. The Morgan fingerprint density at radius 2 is 1.59 bits per heavy atom. The fraction of sp³-hybridized carbons (Fsp3) is 0.304. The van der Waals surface area contributed by atoms with Gasteiger partial charge in [-0.3, -0.25) is 19.3 Å². The molecule has 0 spiro atoms. The van der Waals surface area contributed by atoms with Gasteiger partial charge in [0.2, 0.25) is 0 Å². The van der Waals surface area contributed by atoms with Crippen LogP contribution in [0.5, 0.6) is 0 Å². The summed E-state index contributed by atoms with van der Waals surface area (Å²) in [5, 5.41) is 0. The molecule has 1 aliphatic heterocycles. The number of ketones is 1. The number of aryl methyl sites for hydroxylation is 2. The smallest absolute Gasteiger partial charge is 0.329 e. The van der Waals surface area contributed by atoms with Crippen LogP contribution < -0.4 is 0 Å². The molecule has 6 heteroatoms. The van der Waals surface area contributed by atoms with Crippen LogP contribution >= 0.6 is 0 Å². The lowest BCUT2D eigenvalue weighted by Gasteiger charge is -2.21.